The van der Waals surface area contributed by atoms with Crippen molar-refractivity contribution in [3.63, 3.8) is 0 Å². The number of halogens is 1. The Morgan fingerprint density at radius 1 is 1.42 bits per heavy atom. The Balaban J connectivity index is 1.66. The predicted octanol–water partition coefficient (Wildman–Crippen LogP) is 3.20. The topological polar surface area (TPSA) is 46.3 Å². The number of likely N-dealkylation sites (tertiary alicyclic amines) is 1. The summed E-state index contributed by atoms with van der Waals surface area (Å²) in [7, 11) is 0. The fourth-order valence-corrected chi connectivity index (χ4v) is 3.03. The lowest BCUT2D eigenvalue weighted by Gasteiger charge is -2.13. The summed E-state index contributed by atoms with van der Waals surface area (Å²) in [4.78, 5) is 18.1. The number of hydrogen-bond donors (Lipinski definition) is 0. The van der Waals surface area contributed by atoms with E-state index in [1.165, 1.54) is 11.8 Å². The molecule has 1 aromatic carbocycles. The molecule has 1 amide bonds. The number of benzene rings is 1. The maximum atomic E-state index is 11.9. The van der Waals surface area contributed by atoms with Gasteiger partial charge in [0.1, 0.15) is 5.52 Å². The van der Waals surface area contributed by atoms with Crippen LogP contribution in [0.4, 0.5) is 0 Å². The van der Waals surface area contributed by atoms with Crippen LogP contribution < -0.4 is 0 Å². The average Bonchev–Trinajstić information content (AvgIpc) is 3.04. The minimum Gasteiger partial charge on any atom is -0.431 e. The van der Waals surface area contributed by atoms with Crippen LogP contribution in [0.25, 0.3) is 11.1 Å². The summed E-state index contributed by atoms with van der Waals surface area (Å²) in [6.07, 6.45) is 2.22. The molecule has 0 spiro atoms. The molecule has 0 aliphatic carbocycles. The second-order valence-electron chi connectivity index (χ2n) is 4.47. The fourth-order valence-electron chi connectivity index (χ4n) is 2.12. The molecule has 100 valence electrons. The molecule has 1 saturated heterocycles. The molecule has 2 aromatic rings. The summed E-state index contributed by atoms with van der Waals surface area (Å²) in [6.45, 7) is 1.76. The van der Waals surface area contributed by atoms with Gasteiger partial charge >= 0.3 is 0 Å². The Morgan fingerprint density at radius 2 is 2.21 bits per heavy atom. The highest BCUT2D eigenvalue weighted by atomic mass is 35.5. The van der Waals surface area contributed by atoms with E-state index in [2.05, 4.69) is 4.98 Å². The Bertz CT molecular complexity index is 608. The van der Waals surface area contributed by atoms with Gasteiger partial charge in [-0.1, -0.05) is 23.4 Å². The number of carbonyl (C=O) groups is 1. The molecule has 1 aliphatic rings. The molecule has 6 heteroatoms. The molecule has 1 fully saturated rings. The van der Waals surface area contributed by atoms with Crippen molar-refractivity contribution in [2.24, 2.45) is 0 Å². The largest absolute Gasteiger partial charge is 0.431 e. The van der Waals surface area contributed by atoms with Gasteiger partial charge in [-0.25, -0.2) is 4.98 Å². The van der Waals surface area contributed by atoms with E-state index in [0.29, 0.717) is 21.6 Å². The normalized spacial score (nSPS) is 15.3. The van der Waals surface area contributed by atoms with Crippen LogP contribution in [0.1, 0.15) is 12.8 Å². The number of oxazole rings is 1. The van der Waals surface area contributed by atoms with Crippen LogP contribution in [-0.2, 0) is 4.79 Å². The molecule has 1 aromatic heterocycles. The van der Waals surface area contributed by atoms with Crippen LogP contribution in [-0.4, -0.2) is 34.6 Å². The van der Waals surface area contributed by atoms with E-state index in [4.69, 9.17) is 16.0 Å². The van der Waals surface area contributed by atoms with Crippen LogP contribution >= 0.6 is 23.4 Å². The van der Waals surface area contributed by atoms with Gasteiger partial charge < -0.3 is 9.32 Å². The number of aromatic nitrogens is 1. The van der Waals surface area contributed by atoms with E-state index in [-0.39, 0.29) is 5.91 Å². The molecule has 19 heavy (non-hydrogen) atoms. The van der Waals surface area contributed by atoms with E-state index in [0.717, 1.165) is 31.4 Å². The Morgan fingerprint density at radius 3 is 3.00 bits per heavy atom. The third-order valence-electron chi connectivity index (χ3n) is 3.11. The Kier molecular flexibility index (Phi) is 3.66. The number of fused-ring (bicyclic) bond motifs is 1. The highest BCUT2D eigenvalue weighted by Crippen LogP contribution is 2.26. The maximum absolute atomic E-state index is 11.9. The zero-order valence-corrected chi connectivity index (χ0v) is 11.8. The number of carbonyl (C=O) groups excluding carboxylic acids is 1. The number of hydrogen-bond acceptors (Lipinski definition) is 4. The second kappa shape index (κ2) is 5.43. The van der Waals surface area contributed by atoms with Crippen molar-refractivity contribution in [2.75, 3.05) is 18.8 Å². The Labute approximate surface area is 120 Å². The van der Waals surface area contributed by atoms with Gasteiger partial charge in [0.15, 0.2) is 5.58 Å². The van der Waals surface area contributed by atoms with Crippen LogP contribution in [0.3, 0.4) is 0 Å². The number of thioether (sulfide) groups is 1. The summed E-state index contributed by atoms with van der Waals surface area (Å²) in [5.41, 5.74) is 1.42. The van der Waals surface area contributed by atoms with Crippen molar-refractivity contribution in [3.05, 3.63) is 23.2 Å². The summed E-state index contributed by atoms with van der Waals surface area (Å²) >= 11 is 7.23. The van der Waals surface area contributed by atoms with Crippen molar-refractivity contribution in [1.82, 2.24) is 9.88 Å². The smallest absolute Gasteiger partial charge is 0.257 e. The molecule has 0 N–H and O–H groups in total. The first-order valence-electron chi connectivity index (χ1n) is 6.19. The third-order valence-corrected chi connectivity index (χ3v) is 4.16. The lowest BCUT2D eigenvalue weighted by molar-refractivity contribution is -0.127. The van der Waals surface area contributed by atoms with E-state index < -0.39 is 0 Å². The van der Waals surface area contributed by atoms with Crippen molar-refractivity contribution in [2.45, 2.75) is 18.1 Å². The maximum Gasteiger partial charge on any atom is 0.257 e. The number of rotatable bonds is 3. The SMILES string of the molecule is O=C(CSc1nc2cc(Cl)ccc2o1)N1CCCC1. The van der Waals surface area contributed by atoms with Crippen molar-refractivity contribution in [3.8, 4) is 0 Å². The van der Waals surface area contributed by atoms with Gasteiger partial charge in [0.2, 0.25) is 5.91 Å². The lowest BCUT2D eigenvalue weighted by Crippen LogP contribution is -2.29. The minimum atomic E-state index is 0.155. The molecule has 0 radical (unpaired) electrons. The van der Waals surface area contributed by atoms with Crippen LogP contribution in [0.5, 0.6) is 0 Å². The number of amides is 1. The summed E-state index contributed by atoms with van der Waals surface area (Å²) < 4.78 is 5.56. The summed E-state index contributed by atoms with van der Waals surface area (Å²) in [6, 6.07) is 5.31. The van der Waals surface area contributed by atoms with E-state index >= 15 is 0 Å². The van der Waals surface area contributed by atoms with Gasteiger partial charge in [-0.05, 0) is 31.0 Å². The van der Waals surface area contributed by atoms with E-state index in [1.807, 2.05) is 4.90 Å². The van der Waals surface area contributed by atoms with Gasteiger partial charge in [-0.15, -0.1) is 0 Å². The highest BCUT2D eigenvalue weighted by Gasteiger charge is 2.18. The molecule has 0 bridgehead atoms. The second-order valence-corrected chi connectivity index (χ2v) is 5.83. The van der Waals surface area contributed by atoms with Crippen LogP contribution in [0.15, 0.2) is 27.8 Å². The van der Waals surface area contributed by atoms with Crippen molar-refractivity contribution in [1.29, 1.82) is 0 Å². The fraction of sp³-hybridized carbons (Fsp3) is 0.385. The number of nitrogens with zero attached hydrogens (tertiary/aromatic N) is 2. The first kappa shape index (κ1) is 12.8. The molecule has 0 unspecified atom stereocenters. The summed E-state index contributed by atoms with van der Waals surface area (Å²) in [5.74, 6) is 0.531. The highest BCUT2D eigenvalue weighted by molar-refractivity contribution is 7.99. The lowest BCUT2D eigenvalue weighted by atomic mass is 10.3. The van der Waals surface area contributed by atoms with Gasteiger partial charge in [0.25, 0.3) is 5.22 Å². The first-order valence-corrected chi connectivity index (χ1v) is 7.55. The van der Waals surface area contributed by atoms with Gasteiger partial charge in [0.05, 0.1) is 5.75 Å². The van der Waals surface area contributed by atoms with Gasteiger partial charge in [-0.3, -0.25) is 4.79 Å². The standard InChI is InChI=1S/C13H13ClN2O2S/c14-9-3-4-11-10(7-9)15-13(18-11)19-8-12(17)16-5-1-2-6-16/h3-4,7H,1-2,5-6,8H2. The van der Waals surface area contributed by atoms with Crippen molar-refractivity contribution < 1.29 is 9.21 Å². The zero-order valence-electron chi connectivity index (χ0n) is 10.3. The molecule has 4 nitrogen and oxygen atoms in total. The van der Waals surface area contributed by atoms with Crippen LogP contribution in [0.2, 0.25) is 5.02 Å². The van der Waals surface area contributed by atoms with E-state index in [1.54, 1.807) is 18.2 Å². The van der Waals surface area contributed by atoms with Crippen LogP contribution in [0, 0.1) is 0 Å². The average molecular weight is 297 g/mol. The first-order chi connectivity index (χ1) is 9.22. The predicted molar refractivity (Wildman–Crippen MR) is 75.6 cm³/mol. The molecule has 3 rings (SSSR count). The molecular weight excluding hydrogens is 284 g/mol. The minimum absolute atomic E-state index is 0.155. The monoisotopic (exact) mass is 296 g/mol. The Hall–Kier alpha value is -1.20. The molecule has 0 saturated carbocycles. The summed E-state index contributed by atoms with van der Waals surface area (Å²) in [5, 5.41) is 1.15. The molecule has 1 aliphatic heterocycles. The third kappa shape index (κ3) is 2.87. The molecule has 2 heterocycles. The zero-order chi connectivity index (χ0) is 13.2. The van der Waals surface area contributed by atoms with Crippen molar-refractivity contribution >= 4 is 40.4 Å². The molecular formula is C13H13ClN2O2S. The molecule has 0 atom stereocenters. The van der Waals surface area contributed by atoms with E-state index in [9.17, 15) is 4.79 Å². The van der Waals surface area contributed by atoms with Gasteiger partial charge in [-0.2, -0.15) is 0 Å². The quantitative estimate of drug-likeness (QED) is 0.816. The van der Waals surface area contributed by atoms with Gasteiger partial charge in [0, 0.05) is 18.1 Å².